The molecule has 98 valence electrons. The van der Waals surface area contributed by atoms with Crippen LogP contribution >= 0.6 is 22.6 Å². The maximum absolute atomic E-state index is 13.0. The topological polar surface area (TPSA) is 29.1 Å². The van der Waals surface area contributed by atoms with Crippen molar-refractivity contribution in [1.29, 1.82) is 0 Å². The van der Waals surface area contributed by atoms with Gasteiger partial charge in [0, 0.05) is 10.1 Å². The fraction of sp³-hybridized carbons (Fsp3) is 0.500. The molecule has 0 aromatic heterocycles. The third kappa shape index (κ3) is 2.84. The number of hydrogen-bond donors (Lipinski definition) is 1. The average molecular weight is 361 g/mol. The highest BCUT2D eigenvalue weighted by molar-refractivity contribution is 14.1. The van der Waals surface area contributed by atoms with Crippen molar-refractivity contribution in [3.63, 3.8) is 0 Å². The number of nitrogens with one attached hydrogen (secondary N) is 1. The Morgan fingerprint density at radius 2 is 2.17 bits per heavy atom. The third-order valence-corrected chi connectivity index (χ3v) is 4.79. The molecule has 1 aromatic rings. The summed E-state index contributed by atoms with van der Waals surface area (Å²) in [4.78, 5) is 12.0. The Kier molecular flexibility index (Phi) is 3.94. The lowest BCUT2D eigenvalue weighted by molar-refractivity contribution is 0.0939. The summed E-state index contributed by atoms with van der Waals surface area (Å²) in [6, 6.07) is 4.25. The minimum absolute atomic E-state index is 0.105. The number of rotatable bonds is 4. The van der Waals surface area contributed by atoms with Crippen LogP contribution < -0.4 is 5.32 Å². The Bertz CT molecular complexity index is 469. The van der Waals surface area contributed by atoms with Crippen LogP contribution in [0, 0.1) is 20.7 Å². The average Bonchev–Trinajstić information content (AvgIpc) is 3.07. The first-order valence-corrected chi connectivity index (χ1v) is 7.26. The molecule has 1 aliphatic rings. The van der Waals surface area contributed by atoms with E-state index in [-0.39, 0.29) is 11.7 Å². The zero-order chi connectivity index (χ0) is 13.3. The van der Waals surface area contributed by atoms with Crippen LogP contribution in [0.1, 0.15) is 37.0 Å². The summed E-state index contributed by atoms with van der Waals surface area (Å²) < 4.78 is 13.6. The molecule has 0 unspecified atom stereocenters. The van der Waals surface area contributed by atoms with Crippen LogP contribution in [0.2, 0.25) is 0 Å². The molecule has 0 bridgehead atoms. The smallest absolute Gasteiger partial charge is 0.252 e. The fourth-order valence-corrected chi connectivity index (χ4v) is 2.87. The quantitative estimate of drug-likeness (QED) is 0.816. The zero-order valence-corrected chi connectivity index (χ0v) is 12.8. The van der Waals surface area contributed by atoms with Gasteiger partial charge in [0.15, 0.2) is 0 Å². The summed E-state index contributed by atoms with van der Waals surface area (Å²) in [5, 5.41) is 2.98. The Labute approximate surface area is 120 Å². The molecule has 0 radical (unpaired) electrons. The van der Waals surface area contributed by atoms with Crippen LogP contribution in [0.25, 0.3) is 0 Å². The summed E-state index contributed by atoms with van der Waals surface area (Å²) in [6.07, 6.45) is 2.37. The number of amides is 1. The molecule has 0 spiro atoms. The van der Waals surface area contributed by atoms with E-state index in [0.29, 0.717) is 20.5 Å². The van der Waals surface area contributed by atoms with Gasteiger partial charge in [-0.05, 0) is 65.0 Å². The lowest BCUT2D eigenvalue weighted by Crippen LogP contribution is -2.33. The number of carbonyl (C=O) groups excluding carboxylic acids is 1. The van der Waals surface area contributed by atoms with Crippen LogP contribution in [0.3, 0.4) is 0 Å². The van der Waals surface area contributed by atoms with E-state index in [4.69, 9.17) is 0 Å². The molecule has 0 aliphatic heterocycles. The summed E-state index contributed by atoms with van der Waals surface area (Å²) in [7, 11) is 0. The molecule has 0 saturated heterocycles. The van der Waals surface area contributed by atoms with Gasteiger partial charge in [0.2, 0.25) is 0 Å². The van der Waals surface area contributed by atoms with Gasteiger partial charge in [0.25, 0.3) is 5.91 Å². The largest absolute Gasteiger partial charge is 0.351 e. The lowest BCUT2D eigenvalue weighted by atomic mass is 9.92. The molecular weight excluding hydrogens is 344 g/mol. The first-order chi connectivity index (χ1) is 8.44. The molecule has 1 aliphatic carbocycles. The number of benzene rings is 1. The number of halogens is 2. The summed E-state index contributed by atoms with van der Waals surface area (Å²) >= 11 is 1.99. The molecule has 1 amide bonds. The van der Waals surface area contributed by atoms with Gasteiger partial charge in [-0.1, -0.05) is 13.8 Å². The highest BCUT2D eigenvalue weighted by atomic mass is 127. The molecule has 1 aromatic carbocycles. The van der Waals surface area contributed by atoms with Crippen LogP contribution in [0.15, 0.2) is 18.2 Å². The molecule has 2 rings (SSSR count). The predicted octanol–water partition coefficient (Wildman–Crippen LogP) is 3.60. The van der Waals surface area contributed by atoms with Crippen LogP contribution in [0.4, 0.5) is 4.39 Å². The molecular formula is C14H17FINO. The normalized spacial score (nSPS) is 16.7. The monoisotopic (exact) mass is 361 g/mol. The minimum atomic E-state index is -0.309. The second kappa shape index (κ2) is 5.15. The third-order valence-electron chi connectivity index (χ3n) is 3.89. The van der Waals surface area contributed by atoms with Gasteiger partial charge in [-0.15, -0.1) is 0 Å². The Morgan fingerprint density at radius 1 is 1.50 bits per heavy atom. The van der Waals surface area contributed by atoms with Gasteiger partial charge >= 0.3 is 0 Å². The zero-order valence-electron chi connectivity index (χ0n) is 10.6. The van der Waals surface area contributed by atoms with Gasteiger partial charge in [-0.3, -0.25) is 4.79 Å². The van der Waals surface area contributed by atoms with Crippen LogP contribution in [0.5, 0.6) is 0 Å². The molecule has 0 atom stereocenters. The standard InChI is InChI=1S/C14H17FINO/c1-9(2)14(5-6-14)8-17-13(18)11-4-3-10(15)7-12(11)16/h3-4,7,9H,5-6,8H2,1-2H3,(H,17,18). The van der Waals surface area contributed by atoms with Crippen LogP contribution in [-0.4, -0.2) is 12.5 Å². The van der Waals surface area contributed by atoms with Crippen molar-refractivity contribution in [2.24, 2.45) is 11.3 Å². The van der Waals surface area contributed by atoms with E-state index in [2.05, 4.69) is 19.2 Å². The maximum atomic E-state index is 13.0. The van der Waals surface area contributed by atoms with E-state index >= 15 is 0 Å². The molecule has 1 N–H and O–H groups in total. The van der Waals surface area contributed by atoms with Crippen molar-refractivity contribution in [1.82, 2.24) is 5.32 Å². The van der Waals surface area contributed by atoms with Gasteiger partial charge in [0.1, 0.15) is 5.82 Å². The molecule has 18 heavy (non-hydrogen) atoms. The number of hydrogen-bond acceptors (Lipinski definition) is 1. The van der Waals surface area contributed by atoms with Crippen molar-refractivity contribution in [2.75, 3.05) is 6.54 Å². The van der Waals surface area contributed by atoms with E-state index in [0.717, 1.165) is 6.54 Å². The highest BCUT2D eigenvalue weighted by Gasteiger charge is 2.45. The molecule has 2 nitrogen and oxygen atoms in total. The first kappa shape index (κ1) is 13.8. The number of carbonyl (C=O) groups is 1. The van der Waals surface area contributed by atoms with E-state index in [1.165, 1.54) is 25.0 Å². The maximum Gasteiger partial charge on any atom is 0.252 e. The summed E-state index contributed by atoms with van der Waals surface area (Å²) in [5.41, 5.74) is 0.845. The fourth-order valence-electron chi connectivity index (χ4n) is 2.14. The van der Waals surface area contributed by atoms with E-state index in [9.17, 15) is 9.18 Å². The van der Waals surface area contributed by atoms with Gasteiger partial charge in [-0.2, -0.15) is 0 Å². The highest BCUT2D eigenvalue weighted by Crippen LogP contribution is 2.51. The van der Waals surface area contributed by atoms with Crippen molar-refractivity contribution >= 4 is 28.5 Å². The van der Waals surface area contributed by atoms with E-state index < -0.39 is 0 Å². The van der Waals surface area contributed by atoms with Gasteiger partial charge < -0.3 is 5.32 Å². The lowest BCUT2D eigenvalue weighted by Gasteiger charge is -2.20. The van der Waals surface area contributed by atoms with Gasteiger partial charge in [0.05, 0.1) is 5.56 Å². The van der Waals surface area contributed by atoms with E-state index in [1.54, 1.807) is 6.07 Å². The molecule has 1 fully saturated rings. The predicted molar refractivity (Wildman–Crippen MR) is 78.0 cm³/mol. The minimum Gasteiger partial charge on any atom is -0.351 e. The summed E-state index contributed by atoms with van der Waals surface area (Å²) in [6.45, 7) is 5.11. The van der Waals surface area contributed by atoms with Gasteiger partial charge in [-0.25, -0.2) is 4.39 Å². The Balaban J connectivity index is 2.00. The first-order valence-electron chi connectivity index (χ1n) is 6.18. The SMILES string of the molecule is CC(C)C1(CNC(=O)c2ccc(F)cc2I)CC1. The summed E-state index contributed by atoms with van der Waals surface area (Å²) in [5.74, 6) is 0.174. The molecule has 1 saturated carbocycles. The van der Waals surface area contributed by atoms with Crippen LogP contribution in [-0.2, 0) is 0 Å². The van der Waals surface area contributed by atoms with Crippen molar-refractivity contribution in [3.8, 4) is 0 Å². The van der Waals surface area contributed by atoms with E-state index in [1.807, 2.05) is 22.6 Å². The Morgan fingerprint density at radius 3 is 2.67 bits per heavy atom. The van der Waals surface area contributed by atoms with Crippen molar-refractivity contribution in [3.05, 3.63) is 33.1 Å². The second-order valence-corrected chi connectivity index (χ2v) is 6.49. The second-order valence-electron chi connectivity index (χ2n) is 5.32. The molecule has 0 heterocycles. The Hall–Kier alpha value is -0.650. The molecule has 4 heteroatoms. The van der Waals surface area contributed by atoms with Crippen molar-refractivity contribution in [2.45, 2.75) is 26.7 Å². The van der Waals surface area contributed by atoms with Crippen molar-refractivity contribution < 1.29 is 9.18 Å².